The Kier molecular flexibility index (Phi) is 11.7. The SMILES string of the molecule is c1ccc(-c2ccc(N(c3ccc(-c4ccccc4)cc3)c3cc(-c4cc5c6ccccc6n(-c6ccccc6)c5c5c4sc4ccccc45)cc(N(c4ccc(-c5ccccc5)cc4)c4cccc5oc6ccccc6c45)c3)cc2)cc1. The van der Waals surface area contributed by atoms with E-state index in [9.17, 15) is 0 Å². The third kappa shape index (κ3) is 8.36. The van der Waals surface area contributed by atoms with Gasteiger partial charge in [-0.15, -0.1) is 11.3 Å². The number of hydrogen-bond acceptors (Lipinski definition) is 4. The van der Waals surface area contributed by atoms with Gasteiger partial charge >= 0.3 is 0 Å². The second-order valence-electron chi connectivity index (χ2n) is 21.2. The van der Waals surface area contributed by atoms with Gasteiger partial charge in [0.2, 0.25) is 0 Å². The molecule has 0 saturated heterocycles. The molecule has 16 aromatic rings. The van der Waals surface area contributed by atoms with Crippen LogP contribution in [-0.2, 0) is 0 Å². The summed E-state index contributed by atoms with van der Waals surface area (Å²) in [7, 11) is 0. The van der Waals surface area contributed by atoms with Gasteiger partial charge in [0.1, 0.15) is 11.2 Å². The molecule has 0 fully saturated rings. The summed E-state index contributed by atoms with van der Waals surface area (Å²) in [5.74, 6) is 0. The summed E-state index contributed by atoms with van der Waals surface area (Å²) in [5.41, 5.74) is 20.5. The third-order valence-electron chi connectivity index (χ3n) is 16.3. The van der Waals surface area contributed by atoms with Crippen LogP contribution in [-0.4, -0.2) is 4.57 Å². The molecule has 0 aliphatic heterocycles. The van der Waals surface area contributed by atoms with E-state index < -0.39 is 0 Å². The van der Waals surface area contributed by atoms with Crippen LogP contribution in [0.5, 0.6) is 0 Å². The van der Waals surface area contributed by atoms with Crippen LogP contribution >= 0.6 is 11.3 Å². The first kappa shape index (κ1) is 48.2. The lowest BCUT2D eigenvalue weighted by atomic mass is 9.96. The second kappa shape index (κ2) is 20.1. The van der Waals surface area contributed by atoms with Gasteiger partial charge in [-0.05, 0) is 142 Å². The van der Waals surface area contributed by atoms with Gasteiger partial charge in [-0.2, -0.15) is 0 Å². The van der Waals surface area contributed by atoms with Crippen LogP contribution in [0.4, 0.5) is 34.1 Å². The van der Waals surface area contributed by atoms with E-state index in [1.165, 1.54) is 58.7 Å². The van der Waals surface area contributed by atoms with Crippen LogP contribution in [0.2, 0.25) is 0 Å². The fourth-order valence-electron chi connectivity index (χ4n) is 12.5. The largest absolute Gasteiger partial charge is 0.456 e. The van der Waals surface area contributed by atoms with Crippen molar-refractivity contribution in [2.45, 2.75) is 0 Å². The summed E-state index contributed by atoms with van der Waals surface area (Å²) in [5, 5.41) is 7.01. The number of furan rings is 1. The molecule has 3 heterocycles. The minimum absolute atomic E-state index is 0.830. The highest BCUT2D eigenvalue weighted by Crippen LogP contribution is 2.52. The molecular formula is C78H51N3OS. The molecule has 0 unspecified atom stereocenters. The highest BCUT2D eigenvalue weighted by Gasteiger charge is 2.26. The molecule has 390 valence electrons. The molecule has 0 amide bonds. The van der Waals surface area contributed by atoms with Gasteiger partial charge in [-0.25, -0.2) is 0 Å². The van der Waals surface area contributed by atoms with Crippen LogP contribution in [0.1, 0.15) is 0 Å². The maximum absolute atomic E-state index is 6.70. The Morgan fingerprint density at radius 3 is 1.37 bits per heavy atom. The zero-order valence-electron chi connectivity index (χ0n) is 45.1. The summed E-state index contributed by atoms with van der Waals surface area (Å²) in [6.45, 7) is 0. The van der Waals surface area contributed by atoms with E-state index in [4.69, 9.17) is 4.42 Å². The zero-order valence-corrected chi connectivity index (χ0v) is 45.9. The van der Waals surface area contributed by atoms with Crippen LogP contribution in [0.25, 0.3) is 114 Å². The second-order valence-corrected chi connectivity index (χ2v) is 22.3. The van der Waals surface area contributed by atoms with Gasteiger partial charge in [-0.1, -0.05) is 206 Å². The predicted molar refractivity (Wildman–Crippen MR) is 352 cm³/mol. The molecule has 4 nitrogen and oxygen atoms in total. The van der Waals surface area contributed by atoms with Crippen molar-refractivity contribution in [3.63, 3.8) is 0 Å². The van der Waals surface area contributed by atoms with E-state index in [0.29, 0.717) is 0 Å². The molecule has 0 aliphatic carbocycles. The van der Waals surface area contributed by atoms with Gasteiger partial charge in [0.25, 0.3) is 0 Å². The van der Waals surface area contributed by atoms with Crippen LogP contribution in [0, 0.1) is 0 Å². The molecule has 0 saturated carbocycles. The number of para-hydroxylation sites is 3. The maximum Gasteiger partial charge on any atom is 0.137 e. The third-order valence-corrected chi connectivity index (χ3v) is 17.5. The van der Waals surface area contributed by atoms with Gasteiger partial charge < -0.3 is 18.8 Å². The average Bonchev–Trinajstić information content (AvgIpc) is 2.63. The Labute approximate surface area is 484 Å². The fourth-order valence-corrected chi connectivity index (χ4v) is 13.8. The molecule has 13 aromatic carbocycles. The topological polar surface area (TPSA) is 24.6 Å². The van der Waals surface area contributed by atoms with Crippen molar-refractivity contribution in [2.24, 2.45) is 0 Å². The molecule has 0 aliphatic rings. The molecule has 0 N–H and O–H groups in total. The number of nitrogens with zero attached hydrogens (tertiary/aromatic N) is 3. The van der Waals surface area contributed by atoms with Gasteiger partial charge in [0, 0.05) is 76.0 Å². The lowest BCUT2D eigenvalue weighted by Crippen LogP contribution is -2.14. The van der Waals surface area contributed by atoms with Gasteiger partial charge in [0.05, 0.1) is 22.1 Å². The summed E-state index contributed by atoms with van der Waals surface area (Å²) >= 11 is 1.88. The number of hydrogen-bond donors (Lipinski definition) is 0. The van der Waals surface area contributed by atoms with Crippen molar-refractivity contribution in [2.75, 3.05) is 9.80 Å². The van der Waals surface area contributed by atoms with E-state index in [-0.39, 0.29) is 0 Å². The molecule has 0 atom stereocenters. The van der Waals surface area contributed by atoms with Crippen molar-refractivity contribution in [1.82, 2.24) is 4.57 Å². The van der Waals surface area contributed by atoms with Crippen molar-refractivity contribution in [1.29, 1.82) is 0 Å². The number of fused-ring (bicyclic) bond motifs is 10. The smallest absolute Gasteiger partial charge is 0.137 e. The molecule has 16 rings (SSSR count). The zero-order chi connectivity index (χ0) is 54.8. The average molecular weight is 1080 g/mol. The highest BCUT2D eigenvalue weighted by atomic mass is 32.1. The first-order valence-electron chi connectivity index (χ1n) is 28.2. The molecule has 5 heteroatoms. The Bertz CT molecular complexity index is 4970. The normalized spacial score (nSPS) is 11.6. The number of thiophene rings is 1. The standard InChI is InChI=1S/C78H51N3OS/c1-5-20-52(21-6-1)55-36-42-60(43-37-55)79(61-44-38-56(39-45-61)53-22-7-2-8-23-53)63-48-58(68-51-69-65-28-13-16-31-70(65)81(59-26-11-4-12-27-59)77(69)76-67-30-15-18-35-74(67)83-78(68)76)49-64(50-63)80(62-46-40-57(41-47-62)54-24-9-3-10-25-54)71-32-19-34-73-75(71)66-29-14-17-33-72(66)82-73/h1-51H. The highest BCUT2D eigenvalue weighted by molar-refractivity contribution is 7.26. The molecule has 0 bridgehead atoms. The van der Waals surface area contributed by atoms with Crippen molar-refractivity contribution in [3.8, 4) is 50.2 Å². The van der Waals surface area contributed by atoms with Crippen molar-refractivity contribution < 1.29 is 4.42 Å². The summed E-state index contributed by atoms with van der Waals surface area (Å²) in [6, 6.07) is 112. The van der Waals surface area contributed by atoms with Crippen LogP contribution < -0.4 is 9.80 Å². The Balaban J connectivity index is 1.01. The van der Waals surface area contributed by atoms with Crippen LogP contribution in [0.3, 0.4) is 0 Å². The van der Waals surface area contributed by atoms with Crippen molar-refractivity contribution >= 4 is 109 Å². The number of anilines is 6. The number of aromatic nitrogens is 1. The summed E-state index contributed by atoms with van der Waals surface area (Å²) in [6.07, 6.45) is 0. The lowest BCUT2D eigenvalue weighted by Gasteiger charge is -2.31. The Morgan fingerprint density at radius 1 is 0.301 bits per heavy atom. The number of rotatable bonds is 11. The Morgan fingerprint density at radius 2 is 0.771 bits per heavy atom. The summed E-state index contributed by atoms with van der Waals surface area (Å²) < 4.78 is 11.7. The molecule has 3 aromatic heterocycles. The minimum Gasteiger partial charge on any atom is -0.456 e. The fraction of sp³-hybridized carbons (Fsp3) is 0. The first-order valence-corrected chi connectivity index (χ1v) is 29.0. The van der Waals surface area contributed by atoms with Gasteiger partial charge in [0.15, 0.2) is 0 Å². The van der Waals surface area contributed by atoms with E-state index in [1.807, 2.05) is 11.3 Å². The van der Waals surface area contributed by atoms with E-state index in [0.717, 1.165) is 89.6 Å². The van der Waals surface area contributed by atoms with E-state index in [2.05, 4.69) is 324 Å². The van der Waals surface area contributed by atoms with Crippen LogP contribution in [0.15, 0.2) is 314 Å². The first-order chi connectivity index (χ1) is 41.2. The van der Waals surface area contributed by atoms with E-state index >= 15 is 0 Å². The maximum atomic E-state index is 6.70. The molecule has 83 heavy (non-hydrogen) atoms. The lowest BCUT2D eigenvalue weighted by molar-refractivity contribution is 0.669. The van der Waals surface area contributed by atoms with E-state index in [1.54, 1.807) is 0 Å². The Hall–Kier alpha value is -10.7. The molecular weight excluding hydrogens is 1030 g/mol. The summed E-state index contributed by atoms with van der Waals surface area (Å²) in [4.78, 5) is 4.88. The van der Waals surface area contributed by atoms with Gasteiger partial charge in [-0.3, -0.25) is 0 Å². The van der Waals surface area contributed by atoms with Crippen molar-refractivity contribution in [3.05, 3.63) is 309 Å². The monoisotopic (exact) mass is 1080 g/mol. The molecule has 0 spiro atoms. The quantitative estimate of drug-likeness (QED) is 0.129. The molecule has 0 radical (unpaired) electrons. The predicted octanol–water partition coefficient (Wildman–Crippen LogP) is 22.7. The minimum atomic E-state index is 0.830. The number of benzene rings is 13.